The zero-order chi connectivity index (χ0) is 18.9. The summed E-state index contributed by atoms with van der Waals surface area (Å²) in [6.45, 7) is 4.78. The molecule has 1 aromatic heterocycles. The Morgan fingerprint density at radius 2 is 1.93 bits per heavy atom. The molecule has 2 heterocycles. The van der Waals surface area contributed by atoms with Crippen LogP contribution in [-0.2, 0) is 14.9 Å². The lowest BCUT2D eigenvalue weighted by molar-refractivity contribution is -0.144. The molecule has 0 bridgehead atoms. The molecule has 142 valence electrons. The summed E-state index contributed by atoms with van der Waals surface area (Å²) >= 11 is 0. The van der Waals surface area contributed by atoms with Gasteiger partial charge in [-0.05, 0) is 42.2 Å². The number of nitrogen functional groups attached to an aromatic ring is 1. The van der Waals surface area contributed by atoms with E-state index in [0.29, 0.717) is 5.69 Å². The van der Waals surface area contributed by atoms with E-state index in [1.54, 1.807) is 0 Å². The number of rotatable bonds is 5. The van der Waals surface area contributed by atoms with Gasteiger partial charge in [-0.2, -0.15) is 0 Å². The highest BCUT2D eigenvalue weighted by molar-refractivity contribution is 5.87. The van der Waals surface area contributed by atoms with E-state index in [1.165, 1.54) is 7.11 Å². The molecule has 2 N–H and O–H groups in total. The van der Waals surface area contributed by atoms with E-state index in [-0.39, 0.29) is 11.9 Å². The maximum absolute atomic E-state index is 12.6. The number of hydrogen-bond acceptors (Lipinski definition) is 6. The van der Waals surface area contributed by atoms with Crippen LogP contribution in [0.4, 0.5) is 11.5 Å². The molecular weight excluding hydrogens is 340 g/mol. The number of anilines is 2. The lowest BCUT2D eigenvalue weighted by atomic mass is 9.92. The number of carbonyl (C=O) groups is 1. The van der Waals surface area contributed by atoms with Crippen molar-refractivity contribution in [1.29, 1.82) is 0 Å². The van der Waals surface area contributed by atoms with Crippen molar-refractivity contribution in [2.75, 3.05) is 50.5 Å². The number of piperazine rings is 1. The summed E-state index contributed by atoms with van der Waals surface area (Å²) in [7, 11) is 1.47. The SMILES string of the molecule is COC(=O)[C@]1(c2ccc(N)cc2)C[C@@H]1CN1CCN(c2ccccn2)CC1. The fraction of sp³-hybridized carbons (Fsp3) is 0.429. The number of aromatic nitrogens is 1. The van der Waals surface area contributed by atoms with Crippen LogP contribution >= 0.6 is 0 Å². The molecule has 2 aliphatic rings. The Balaban J connectivity index is 1.40. The summed E-state index contributed by atoms with van der Waals surface area (Å²) < 4.78 is 5.15. The summed E-state index contributed by atoms with van der Waals surface area (Å²) in [5.41, 5.74) is 7.02. The fourth-order valence-corrected chi connectivity index (χ4v) is 4.25. The Labute approximate surface area is 159 Å². The lowest BCUT2D eigenvalue weighted by Crippen LogP contribution is -2.47. The third-order valence-corrected chi connectivity index (χ3v) is 5.90. The van der Waals surface area contributed by atoms with Gasteiger partial charge < -0.3 is 15.4 Å². The van der Waals surface area contributed by atoms with Crippen molar-refractivity contribution >= 4 is 17.5 Å². The quantitative estimate of drug-likeness (QED) is 0.644. The molecule has 0 spiro atoms. The van der Waals surface area contributed by atoms with Crippen LogP contribution in [0, 0.1) is 5.92 Å². The average molecular weight is 366 g/mol. The predicted molar refractivity (Wildman–Crippen MR) is 106 cm³/mol. The van der Waals surface area contributed by atoms with E-state index in [0.717, 1.165) is 50.5 Å². The van der Waals surface area contributed by atoms with Gasteiger partial charge in [0, 0.05) is 44.6 Å². The van der Waals surface area contributed by atoms with Crippen molar-refractivity contribution in [3.63, 3.8) is 0 Å². The first-order valence-corrected chi connectivity index (χ1v) is 9.46. The van der Waals surface area contributed by atoms with Crippen LogP contribution in [0.15, 0.2) is 48.7 Å². The number of nitrogens with two attached hydrogens (primary N) is 1. The first kappa shape index (κ1) is 17.8. The van der Waals surface area contributed by atoms with Crippen molar-refractivity contribution in [3.05, 3.63) is 54.2 Å². The topological polar surface area (TPSA) is 71.7 Å². The van der Waals surface area contributed by atoms with Crippen molar-refractivity contribution in [1.82, 2.24) is 9.88 Å². The lowest BCUT2D eigenvalue weighted by Gasteiger charge is -2.35. The molecule has 2 fully saturated rings. The number of hydrogen-bond donors (Lipinski definition) is 1. The van der Waals surface area contributed by atoms with Gasteiger partial charge in [0.25, 0.3) is 0 Å². The Bertz CT molecular complexity index is 788. The van der Waals surface area contributed by atoms with Crippen molar-refractivity contribution in [3.8, 4) is 0 Å². The number of nitrogens with zero attached hydrogens (tertiary/aromatic N) is 3. The highest BCUT2D eigenvalue weighted by atomic mass is 16.5. The van der Waals surface area contributed by atoms with Crippen LogP contribution in [0.5, 0.6) is 0 Å². The summed E-state index contributed by atoms with van der Waals surface area (Å²) in [4.78, 5) is 21.8. The second kappa shape index (κ2) is 7.19. The van der Waals surface area contributed by atoms with Gasteiger partial charge in [0.1, 0.15) is 5.82 Å². The second-order valence-corrected chi connectivity index (χ2v) is 7.46. The highest BCUT2D eigenvalue weighted by Crippen LogP contribution is 2.55. The minimum atomic E-state index is -0.513. The van der Waals surface area contributed by atoms with Gasteiger partial charge in [-0.3, -0.25) is 9.69 Å². The molecule has 1 aliphatic heterocycles. The molecular formula is C21H26N4O2. The smallest absolute Gasteiger partial charge is 0.316 e. The minimum Gasteiger partial charge on any atom is -0.468 e. The van der Waals surface area contributed by atoms with Crippen LogP contribution in [-0.4, -0.2) is 55.7 Å². The van der Waals surface area contributed by atoms with Crippen molar-refractivity contribution in [2.24, 2.45) is 5.92 Å². The minimum absolute atomic E-state index is 0.135. The third kappa shape index (κ3) is 3.37. The van der Waals surface area contributed by atoms with Crippen LogP contribution in [0.25, 0.3) is 0 Å². The van der Waals surface area contributed by atoms with E-state index in [1.807, 2.05) is 42.6 Å². The van der Waals surface area contributed by atoms with Gasteiger partial charge in [0.2, 0.25) is 0 Å². The maximum atomic E-state index is 12.6. The fourth-order valence-electron chi connectivity index (χ4n) is 4.25. The van der Waals surface area contributed by atoms with E-state index in [9.17, 15) is 4.79 Å². The Kier molecular flexibility index (Phi) is 4.74. The Morgan fingerprint density at radius 3 is 2.56 bits per heavy atom. The first-order valence-electron chi connectivity index (χ1n) is 9.46. The maximum Gasteiger partial charge on any atom is 0.316 e. The van der Waals surface area contributed by atoms with Gasteiger partial charge in [0.15, 0.2) is 0 Å². The van der Waals surface area contributed by atoms with Gasteiger partial charge in [0.05, 0.1) is 12.5 Å². The van der Waals surface area contributed by atoms with E-state index in [2.05, 4.69) is 20.9 Å². The number of esters is 1. The monoisotopic (exact) mass is 366 g/mol. The number of carbonyl (C=O) groups excluding carboxylic acids is 1. The second-order valence-electron chi connectivity index (χ2n) is 7.46. The van der Waals surface area contributed by atoms with Gasteiger partial charge in [-0.25, -0.2) is 4.98 Å². The molecule has 1 saturated carbocycles. The van der Waals surface area contributed by atoms with Crippen LogP contribution < -0.4 is 10.6 Å². The molecule has 6 nitrogen and oxygen atoms in total. The zero-order valence-electron chi connectivity index (χ0n) is 15.7. The third-order valence-electron chi connectivity index (χ3n) is 5.90. The Hall–Kier alpha value is -2.60. The largest absolute Gasteiger partial charge is 0.468 e. The number of pyridine rings is 1. The molecule has 2 aromatic rings. The van der Waals surface area contributed by atoms with Gasteiger partial charge in [-0.15, -0.1) is 0 Å². The molecule has 4 rings (SSSR count). The molecule has 1 aliphatic carbocycles. The summed E-state index contributed by atoms with van der Waals surface area (Å²) in [6.07, 6.45) is 2.67. The molecule has 2 atom stereocenters. The van der Waals surface area contributed by atoms with Crippen LogP contribution in [0.1, 0.15) is 12.0 Å². The van der Waals surface area contributed by atoms with Crippen molar-refractivity contribution in [2.45, 2.75) is 11.8 Å². The molecule has 27 heavy (non-hydrogen) atoms. The van der Waals surface area contributed by atoms with Crippen LogP contribution in [0.2, 0.25) is 0 Å². The molecule has 1 saturated heterocycles. The number of benzene rings is 1. The average Bonchev–Trinajstić information content (AvgIpc) is 3.44. The number of methoxy groups -OCH3 is 1. The zero-order valence-corrected chi connectivity index (χ0v) is 15.7. The summed E-state index contributed by atoms with van der Waals surface area (Å²) in [5, 5.41) is 0. The van der Waals surface area contributed by atoms with Gasteiger partial charge in [-0.1, -0.05) is 18.2 Å². The van der Waals surface area contributed by atoms with E-state index < -0.39 is 5.41 Å². The molecule has 0 radical (unpaired) electrons. The first-order chi connectivity index (χ1) is 13.1. The van der Waals surface area contributed by atoms with Gasteiger partial charge >= 0.3 is 5.97 Å². The molecule has 0 unspecified atom stereocenters. The Morgan fingerprint density at radius 1 is 1.19 bits per heavy atom. The normalized spacial score (nSPS) is 25.2. The van der Waals surface area contributed by atoms with E-state index >= 15 is 0 Å². The van der Waals surface area contributed by atoms with E-state index in [4.69, 9.17) is 10.5 Å². The molecule has 0 amide bonds. The summed E-state index contributed by atoms with van der Waals surface area (Å²) in [5.74, 6) is 1.19. The number of ether oxygens (including phenoxy) is 1. The summed E-state index contributed by atoms with van der Waals surface area (Å²) in [6, 6.07) is 13.7. The molecule has 6 heteroatoms. The standard InChI is InChI=1S/C21H26N4O2/c1-27-20(26)21(16-5-7-18(22)8-6-16)14-17(21)15-24-10-12-25(13-11-24)19-4-2-3-9-23-19/h2-9,17H,10-15,22H2,1H3/t17-,21+/m1/s1. The van der Waals surface area contributed by atoms with Crippen molar-refractivity contribution < 1.29 is 9.53 Å². The predicted octanol–water partition coefficient (Wildman–Crippen LogP) is 1.92. The molecule has 1 aromatic carbocycles. The van der Waals surface area contributed by atoms with Crippen LogP contribution in [0.3, 0.4) is 0 Å². The highest BCUT2D eigenvalue weighted by Gasteiger charge is 2.62.